The van der Waals surface area contributed by atoms with E-state index in [0.717, 1.165) is 60.7 Å². The lowest BCUT2D eigenvalue weighted by Crippen LogP contribution is -2.42. The summed E-state index contributed by atoms with van der Waals surface area (Å²) in [5.74, 6) is -0.611. The molecule has 0 radical (unpaired) electrons. The maximum absolute atomic E-state index is 13.1. The Morgan fingerprint density at radius 1 is 1.09 bits per heavy atom. The van der Waals surface area contributed by atoms with E-state index in [2.05, 4.69) is 24.1 Å². The van der Waals surface area contributed by atoms with Gasteiger partial charge in [0.25, 0.3) is 0 Å². The average Bonchev–Trinajstić information content (AvgIpc) is 2.79. The van der Waals surface area contributed by atoms with Crippen LogP contribution in [0.1, 0.15) is 62.6 Å². The molecule has 0 bridgehead atoms. The Morgan fingerprint density at radius 2 is 1.76 bits per heavy atom. The van der Waals surface area contributed by atoms with Crippen molar-refractivity contribution in [2.75, 3.05) is 30.0 Å². The lowest BCUT2D eigenvalue weighted by atomic mass is 9.95. The first-order chi connectivity index (χ1) is 16.2. The van der Waals surface area contributed by atoms with Crippen LogP contribution >= 0.6 is 0 Å². The number of carbonyl (C=O) groups excluding carboxylic acids is 1. The van der Waals surface area contributed by atoms with Gasteiger partial charge in [-0.1, -0.05) is 56.7 Å². The zero-order valence-corrected chi connectivity index (χ0v) is 20.8. The molecule has 1 saturated heterocycles. The van der Waals surface area contributed by atoms with Gasteiger partial charge in [-0.05, 0) is 54.9 Å². The van der Waals surface area contributed by atoms with Crippen LogP contribution in [0.3, 0.4) is 0 Å². The predicted octanol–water partition coefficient (Wildman–Crippen LogP) is 5.40. The molecule has 0 aromatic heterocycles. The Balaban J connectivity index is 1.93. The summed E-state index contributed by atoms with van der Waals surface area (Å²) in [7, 11) is 0. The van der Waals surface area contributed by atoms with Gasteiger partial charge in [-0.2, -0.15) is 0 Å². The summed E-state index contributed by atoms with van der Waals surface area (Å²) in [5.41, 5.74) is 4.77. The van der Waals surface area contributed by atoms with Gasteiger partial charge in [0.1, 0.15) is 0 Å². The molecular formula is C28H38N2O4. The largest absolute Gasteiger partial charge is 0.481 e. The molecule has 2 N–H and O–H groups in total. The average molecular weight is 467 g/mol. The molecule has 1 heterocycles. The van der Waals surface area contributed by atoms with Gasteiger partial charge in [-0.3, -0.25) is 9.59 Å². The van der Waals surface area contributed by atoms with E-state index in [-0.39, 0.29) is 24.7 Å². The summed E-state index contributed by atoms with van der Waals surface area (Å²) in [6, 6.07) is 14.3. The number of hydrogen-bond acceptors (Lipinski definition) is 4. The molecule has 0 saturated carbocycles. The second-order valence-electron chi connectivity index (χ2n) is 9.88. The number of rotatable bonds is 10. The summed E-state index contributed by atoms with van der Waals surface area (Å²) >= 11 is 0. The highest BCUT2D eigenvalue weighted by Gasteiger charge is 2.26. The SMILES string of the molecule is Cc1ccc(CC(=O)Nc2cc(C(C)CC(=O)O)ccc2N(CC(C)C)C2CCOCC2)cc1. The van der Waals surface area contributed by atoms with Crippen molar-refractivity contribution in [1.29, 1.82) is 0 Å². The molecule has 1 amide bonds. The smallest absolute Gasteiger partial charge is 0.303 e. The van der Waals surface area contributed by atoms with Gasteiger partial charge < -0.3 is 20.1 Å². The fourth-order valence-corrected chi connectivity index (χ4v) is 4.51. The fraction of sp³-hybridized carbons (Fsp3) is 0.500. The summed E-state index contributed by atoms with van der Waals surface area (Å²) in [4.78, 5) is 26.7. The van der Waals surface area contributed by atoms with Gasteiger partial charge in [-0.25, -0.2) is 0 Å². The van der Waals surface area contributed by atoms with E-state index < -0.39 is 5.97 Å². The molecule has 6 heteroatoms. The van der Waals surface area contributed by atoms with E-state index in [1.54, 1.807) is 0 Å². The minimum atomic E-state index is -0.829. The van der Waals surface area contributed by atoms with Crippen LogP contribution in [-0.4, -0.2) is 42.8 Å². The standard InChI is InChI=1S/C28H38N2O4/c1-19(2)18-30(24-11-13-34-14-12-24)26-10-9-23(21(4)15-28(32)33)17-25(26)29-27(31)16-22-7-5-20(3)6-8-22/h5-10,17,19,21,24H,11-16,18H2,1-4H3,(H,29,31)(H,32,33). The van der Waals surface area contributed by atoms with Crippen LogP contribution in [0, 0.1) is 12.8 Å². The van der Waals surface area contributed by atoms with Gasteiger partial charge in [0.05, 0.1) is 24.2 Å². The van der Waals surface area contributed by atoms with Crippen LogP contribution in [0.25, 0.3) is 0 Å². The van der Waals surface area contributed by atoms with Crippen molar-refractivity contribution in [2.45, 2.75) is 65.3 Å². The maximum atomic E-state index is 13.1. The second kappa shape index (κ2) is 12.0. The number of aliphatic carboxylic acids is 1. The molecule has 184 valence electrons. The van der Waals surface area contributed by atoms with Crippen molar-refractivity contribution < 1.29 is 19.4 Å². The summed E-state index contributed by atoms with van der Waals surface area (Å²) in [6.07, 6.45) is 2.23. The molecule has 6 nitrogen and oxygen atoms in total. The number of nitrogens with one attached hydrogen (secondary N) is 1. The first-order valence-corrected chi connectivity index (χ1v) is 12.3. The molecule has 1 fully saturated rings. The number of ether oxygens (including phenoxy) is 1. The third kappa shape index (κ3) is 7.32. The van der Waals surface area contributed by atoms with Gasteiger partial charge in [-0.15, -0.1) is 0 Å². The summed E-state index contributed by atoms with van der Waals surface area (Å²) in [5, 5.41) is 12.4. The van der Waals surface area contributed by atoms with Crippen LogP contribution in [0.15, 0.2) is 42.5 Å². The van der Waals surface area contributed by atoms with E-state index in [4.69, 9.17) is 4.74 Å². The molecule has 1 atom stereocenters. The molecule has 0 spiro atoms. The van der Waals surface area contributed by atoms with Crippen molar-refractivity contribution in [3.8, 4) is 0 Å². The number of carboxylic acid groups (broad SMARTS) is 1. The number of anilines is 2. The molecular weight excluding hydrogens is 428 g/mol. The third-order valence-electron chi connectivity index (χ3n) is 6.33. The van der Waals surface area contributed by atoms with Gasteiger partial charge in [0.15, 0.2) is 0 Å². The molecule has 1 aliphatic heterocycles. The monoisotopic (exact) mass is 466 g/mol. The molecule has 34 heavy (non-hydrogen) atoms. The topological polar surface area (TPSA) is 78.9 Å². The lowest BCUT2D eigenvalue weighted by Gasteiger charge is -2.38. The van der Waals surface area contributed by atoms with Crippen LogP contribution in [-0.2, 0) is 20.7 Å². The Bertz CT molecular complexity index is 965. The van der Waals surface area contributed by atoms with Crippen molar-refractivity contribution in [1.82, 2.24) is 0 Å². The minimum absolute atomic E-state index is 0.0474. The Kier molecular flexibility index (Phi) is 9.11. The molecule has 3 rings (SSSR count). The normalized spacial score (nSPS) is 15.2. The minimum Gasteiger partial charge on any atom is -0.481 e. The summed E-state index contributed by atoms with van der Waals surface area (Å²) in [6.45, 7) is 10.7. The number of nitrogens with zero attached hydrogens (tertiary/aromatic N) is 1. The summed E-state index contributed by atoms with van der Waals surface area (Å²) < 4.78 is 5.60. The van der Waals surface area contributed by atoms with Crippen molar-refractivity contribution in [3.05, 3.63) is 59.2 Å². The Morgan fingerprint density at radius 3 is 2.38 bits per heavy atom. The van der Waals surface area contributed by atoms with E-state index in [9.17, 15) is 14.7 Å². The van der Waals surface area contributed by atoms with Crippen LogP contribution < -0.4 is 10.2 Å². The van der Waals surface area contributed by atoms with Crippen LogP contribution in [0.5, 0.6) is 0 Å². The van der Waals surface area contributed by atoms with E-state index in [1.807, 2.05) is 56.3 Å². The second-order valence-corrected chi connectivity index (χ2v) is 9.88. The number of hydrogen-bond donors (Lipinski definition) is 2. The number of carboxylic acids is 1. The molecule has 1 aliphatic rings. The number of carbonyl (C=O) groups is 2. The lowest BCUT2D eigenvalue weighted by molar-refractivity contribution is -0.137. The number of benzene rings is 2. The highest BCUT2D eigenvalue weighted by Crippen LogP contribution is 2.34. The van der Waals surface area contributed by atoms with Crippen LogP contribution in [0.2, 0.25) is 0 Å². The molecule has 2 aromatic rings. The number of aryl methyl sites for hydroxylation is 1. The Labute approximate surface area is 203 Å². The van der Waals surface area contributed by atoms with Gasteiger partial charge >= 0.3 is 5.97 Å². The van der Waals surface area contributed by atoms with Crippen molar-refractivity contribution >= 4 is 23.3 Å². The highest BCUT2D eigenvalue weighted by molar-refractivity contribution is 5.96. The predicted molar refractivity (Wildman–Crippen MR) is 137 cm³/mol. The zero-order chi connectivity index (χ0) is 24.7. The van der Waals surface area contributed by atoms with Crippen molar-refractivity contribution in [3.63, 3.8) is 0 Å². The van der Waals surface area contributed by atoms with E-state index in [0.29, 0.717) is 12.0 Å². The molecule has 0 aliphatic carbocycles. The number of amides is 1. The zero-order valence-electron chi connectivity index (χ0n) is 20.8. The Hall–Kier alpha value is -2.86. The quantitative estimate of drug-likeness (QED) is 0.490. The van der Waals surface area contributed by atoms with Gasteiger partial charge in [0.2, 0.25) is 5.91 Å². The first kappa shape index (κ1) is 25.8. The third-order valence-corrected chi connectivity index (χ3v) is 6.33. The van der Waals surface area contributed by atoms with Crippen LogP contribution in [0.4, 0.5) is 11.4 Å². The van der Waals surface area contributed by atoms with E-state index in [1.165, 1.54) is 0 Å². The first-order valence-electron chi connectivity index (χ1n) is 12.3. The van der Waals surface area contributed by atoms with Crippen molar-refractivity contribution in [2.24, 2.45) is 5.92 Å². The maximum Gasteiger partial charge on any atom is 0.303 e. The van der Waals surface area contributed by atoms with Gasteiger partial charge in [0, 0.05) is 25.8 Å². The van der Waals surface area contributed by atoms with E-state index >= 15 is 0 Å². The molecule has 1 unspecified atom stereocenters. The fourth-order valence-electron chi connectivity index (χ4n) is 4.51. The highest BCUT2D eigenvalue weighted by atomic mass is 16.5. The molecule has 2 aromatic carbocycles.